The van der Waals surface area contributed by atoms with Crippen LogP contribution in [0.2, 0.25) is 0 Å². The van der Waals surface area contributed by atoms with Crippen LogP contribution in [0.25, 0.3) is 10.8 Å². The molecule has 2 aromatic heterocycles. The molecule has 0 fully saturated rings. The predicted octanol–water partition coefficient (Wildman–Crippen LogP) is 3.21. The number of nitrogens with zero attached hydrogens (tertiary/aromatic N) is 1. The molecule has 2 aromatic rings. The van der Waals surface area contributed by atoms with Gasteiger partial charge >= 0.3 is 0 Å². The van der Waals surface area contributed by atoms with Crippen molar-refractivity contribution in [3.05, 3.63) is 29.0 Å². The maximum atomic E-state index is 5.54. The fourth-order valence-electron chi connectivity index (χ4n) is 1.44. The van der Waals surface area contributed by atoms with Crippen molar-refractivity contribution in [2.45, 2.75) is 26.8 Å². The van der Waals surface area contributed by atoms with Gasteiger partial charge in [-0.2, -0.15) is 0 Å². The minimum absolute atomic E-state index is 0.837. The molecule has 4 heteroatoms. The van der Waals surface area contributed by atoms with E-state index in [-0.39, 0.29) is 0 Å². The van der Waals surface area contributed by atoms with E-state index in [1.165, 1.54) is 0 Å². The molecular formula is C12H16N2OS. The lowest BCUT2D eigenvalue weighted by Gasteiger charge is -1.97. The zero-order chi connectivity index (χ0) is 11.4. The van der Waals surface area contributed by atoms with Crippen molar-refractivity contribution >= 4 is 11.3 Å². The lowest BCUT2D eigenvalue weighted by Crippen LogP contribution is -2.13. The van der Waals surface area contributed by atoms with Gasteiger partial charge in [0.05, 0.1) is 5.69 Å². The van der Waals surface area contributed by atoms with Gasteiger partial charge in [-0.1, -0.05) is 6.92 Å². The molecule has 0 unspecified atom stereocenters. The van der Waals surface area contributed by atoms with Crippen molar-refractivity contribution in [2.24, 2.45) is 0 Å². The van der Waals surface area contributed by atoms with Crippen molar-refractivity contribution in [1.82, 2.24) is 10.3 Å². The molecule has 16 heavy (non-hydrogen) atoms. The van der Waals surface area contributed by atoms with E-state index in [9.17, 15) is 0 Å². The second-order valence-electron chi connectivity index (χ2n) is 3.73. The average molecular weight is 236 g/mol. The summed E-state index contributed by atoms with van der Waals surface area (Å²) in [6, 6.07) is 3.93. The number of hydrogen-bond acceptors (Lipinski definition) is 4. The summed E-state index contributed by atoms with van der Waals surface area (Å²) in [5.41, 5.74) is 1.09. The Balaban J connectivity index is 2.02. The summed E-state index contributed by atoms with van der Waals surface area (Å²) < 4.78 is 5.54. The molecule has 86 valence electrons. The third kappa shape index (κ3) is 2.71. The Morgan fingerprint density at radius 3 is 3.00 bits per heavy atom. The van der Waals surface area contributed by atoms with E-state index < -0.39 is 0 Å². The number of furan rings is 1. The van der Waals surface area contributed by atoms with Gasteiger partial charge in [0.15, 0.2) is 10.8 Å². The molecule has 0 bridgehead atoms. The van der Waals surface area contributed by atoms with Gasteiger partial charge in [-0.15, -0.1) is 11.3 Å². The molecule has 0 aliphatic heterocycles. The van der Waals surface area contributed by atoms with Crippen LogP contribution in [0.15, 0.2) is 21.9 Å². The van der Waals surface area contributed by atoms with E-state index in [0.717, 1.165) is 41.7 Å². The Morgan fingerprint density at radius 1 is 1.44 bits per heavy atom. The molecule has 1 N–H and O–H groups in total. The Bertz CT molecular complexity index is 447. The normalized spacial score (nSPS) is 10.9. The van der Waals surface area contributed by atoms with Gasteiger partial charge in [-0.25, -0.2) is 4.98 Å². The van der Waals surface area contributed by atoms with Crippen LogP contribution in [0.4, 0.5) is 0 Å². The van der Waals surface area contributed by atoms with Crippen LogP contribution in [-0.2, 0) is 6.54 Å². The summed E-state index contributed by atoms with van der Waals surface area (Å²) in [7, 11) is 0. The summed E-state index contributed by atoms with van der Waals surface area (Å²) in [5, 5.41) is 6.37. The first kappa shape index (κ1) is 11.4. The zero-order valence-electron chi connectivity index (χ0n) is 9.62. The highest BCUT2D eigenvalue weighted by molar-refractivity contribution is 7.13. The highest BCUT2D eigenvalue weighted by Crippen LogP contribution is 2.25. The van der Waals surface area contributed by atoms with Crippen LogP contribution in [0.5, 0.6) is 0 Å². The Kier molecular flexibility index (Phi) is 3.74. The summed E-state index contributed by atoms with van der Waals surface area (Å²) in [6.07, 6.45) is 1.15. The fourth-order valence-corrected chi connectivity index (χ4v) is 2.22. The van der Waals surface area contributed by atoms with Crippen LogP contribution in [-0.4, -0.2) is 11.5 Å². The average Bonchev–Trinajstić information content (AvgIpc) is 2.87. The van der Waals surface area contributed by atoms with Crippen molar-refractivity contribution in [3.63, 3.8) is 0 Å². The quantitative estimate of drug-likeness (QED) is 0.810. The number of nitrogens with one attached hydrogen (secondary N) is 1. The summed E-state index contributed by atoms with van der Waals surface area (Å²) in [5.74, 6) is 1.79. The van der Waals surface area contributed by atoms with E-state index in [1.807, 2.05) is 19.1 Å². The number of rotatable bonds is 5. The molecule has 0 amide bonds. The lowest BCUT2D eigenvalue weighted by molar-refractivity contribution is 0.547. The van der Waals surface area contributed by atoms with Crippen molar-refractivity contribution < 1.29 is 4.42 Å². The minimum Gasteiger partial charge on any atom is -0.459 e. The standard InChI is InChI=1S/C12H16N2OS/c1-3-6-13-7-10-8-16-12(14-10)11-5-4-9(2)15-11/h4-5,8,13H,3,6-7H2,1-2H3. The van der Waals surface area contributed by atoms with Crippen LogP contribution in [0.1, 0.15) is 24.8 Å². The Morgan fingerprint density at radius 2 is 2.31 bits per heavy atom. The van der Waals surface area contributed by atoms with Crippen LogP contribution in [0, 0.1) is 6.92 Å². The first-order valence-corrected chi connectivity index (χ1v) is 6.39. The van der Waals surface area contributed by atoms with Gasteiger partial charge in [0.2, 0.25) is 0 Å². The molecule has 0 aromatic carbocycles. The van der Waals surface area contributed by atoms with Crippen LogP contribution in [0.3, 0.4) is 0 Å². The van der Waals surface area contributed by atoms with Gasteiger partial charge < -0.3 is 9.73 Å². The maximum Gasteiger partial charge on any atom is 0.162 e. The van der Waals surface area contributed by atoms with E-state index >= 15 is 0 Å². The van der Waals surface area contributed by atoms with Crippen molar-refractivity contribution in [1.29, 1.82) is 0 Å². The van der Waals surface area contributed by atoms with Crippen LogP contribution < -0.4 is 5.32 Å². The zero-order valence-corrected chi connectivity index (χ0v) is 10.4. The largest absolute Gasteiger partial charge is 0.459 e. The number of aromatic nitrogens is 1. The fraction of sp³-hybridized carbons (Fsp3) is 0.417. The highest BCUT2D eigenvalue weighted by Gasteiger charge is 2.07. The highest BCUT2D eigenvalue weighted by atomic mass is 32.1. The maximum absolute atomic E-state index is 5.54. The third-order valence-corrected chi connectivity index (χ3v) is 3.14. The topological polar surface area (TPSA) is 38.1 Å². The Labute approximate surface area is 99.5 Å². The van der Waals surface area contributed by atoms with Crippen LogP contribution >= 0.6 is 11.3 Å². The molecule has 0 aliphatic carbocycles. The number of thiazole rings is 1. The van der Waals surface area contributed by atoms with E-state index in [1.54, 1.807) is 11.3 Å². The summed E-state index contributed by atoms with van der Waals surface area (Å²) in [4.78, 5) is 4.53. The molecule has 2 rings (SSSR count). The van der Waals surface area contributed by atoms with Crippen molar-refractivity contribution in [2.75, 3.05) is 6.54 Å². The van der Waals surface area contributed by atoms with Gasteiger partial charge in [-0.05, 0) is 32.0 Å². The Hall–Kier alpha value is -1.13. The third-order valence-electron chi connectivity index (χ3n) is 2.24. The van der Waals surface area contributed by atoms with Gasteiger partial charge in [-0.3, -0.25) is 0 Å². The SMILES string of the molecule is CCCNCc1csc(-c2ccc(C)o2)n1. The second kappa shape index (κ2) is 5.27. The predicted molar refractivity (Wildman–Crippen MR) is 66.6 cm³/mol. The lowest BCUT2D eigenvalue weighted by atomic mass is 10.4. The number of hydrogen-bond donors (Lipinski definition) is 1. The first-order chi connectivity index (χ1) is 7.79. The van der Waals surface area contributed by atoms with E-state index in [0.29, 0.717) is 0 Å². The molecule has 0 radical (unpaired) electrons. The summed E-state index contributed by atoms with van der Waals surface area (Å²) in [6.45, 7) is 5.97. The molecule has 2 heterocycles. The number of aryl methyl sites for hydroxylation is 1. The molecule has 0 saturated heterocycles. The molecule has 0 spiro atoms. The molecule has 0 saturated carbocycles. The van der Waals surface area contributed by atoms with Crippen molar-refractivity contribution in [3.8, 4) is 10.8 Å². The van der Waals surface area contributed by atoms with E-state index in [4.69, 9.17) is 4.42 Å². The van der Waals surface area contributed by atoms with Gasteiger partial charge in [0, 0.05) is 11.9 Å². The second-order valence-corrected chi connectivity index (χ2v) is 4.59. The molecule has 3 nitrogen and oxygen atoms in total. The summed E-state index contributed by atoms with van der Waals surface area (Å²) >= 11 is 1.63. The van der Waals surface area contributed by atoms with E-state index in [2.05, 4.69) is 22.6 Å². The monoisotopic (exact) mass is 236 g/mol. The van der Waals surface area contributed by atoms with Gasteiger partial charge in [0.25, 0.3) is 0 Å². The first-order valence-electron chi connectivity index (χ1n) is 5.51. The molecule has 0 aliphatic rings. The van der Waals surface area contributed by atoms with Gasteiger partial charge in [0.1, 0.15) is 5.76 Å². The molecular weight excluding hydrogens is 220 g/mol. The smallest absolute Gasteiger partial charge is 0.162 e. The molecule has 0 atom stereocenters. The minimum atomic E-state index is 0.837.